The third kappa shape index (κ3) is 8.13. The van der Waals surface area contributed by atoms with Gasteiger partial charge in [0.05, 0.1) is 18.0 Å². The van der Waals surface area contributed by atoms with Crippen LogP contribution in [-0.2, 0) is 4.79 Å². The summed E-state index contributed by atoms with van der Waals surface area (Å²) < 4.78 is 0. The molecule has 1 atom stereocenters. The van der Waals surface area contributed by atoms with Crippen LogP contribution in [0, 0.1) is 5.41 Å². The van der Waals surface area contributed by atoms with Crippen LogP contribution in [0.15, 0.2) is 29.3 Å². The molecule has 0 aliphatic rings. The Labute approximate surface area is 191 Å². The quantitative estimate of drug-likeness (QED) is 0.249. The number of carbonyl (C=O) groups is 1. The Hall–Kier alpha value is -1.06. The van der Waals surface area contributed by atoms with Crippen LogP contribution in [0.5, 0.6) is 0 Å². The molecule has 1 amide bonds. The minimum Gasteiger partial charge on any atom is -0.369 e. The molecule has 1 rings (SSSR count). The van der Waals surface area contributed by atoms with E-state index < -0.39 is 5.41 Å². The zero-order valence-corrected chi connectivity index (χ0v) is 20.7. The third-order valence-corrected chi connectivity index (χ3v) is 4.97. The number of aliphatic imine (C=N–C) groups is 1. The van der Waals surface area contributed by atoms with Crippen molar-refractivity contribution in [1.82, 2.24) is 15.5 Å². The van der Waals surface area contributed by atoms with Crippen molar-refractivity contribution in [2.45, 2.75) is 40.7 Å². The van der Waals surface area contributed by atoms with Gasteiger partial charge in [-0.1, -0.05) is 43.6 Å². The third-order valence-electron chi connectivity index (χ3n) is 4.62. The van der Waals surface area contributed by atoms with E-state index >= 15 is 0 Å². The largest absolute Gasteiger partial charge is 0.369 e. The molecule has 1 aromatic carbocycles. The molecule has 160 valence electrons. The first-order valence-electron chi connectivity index (χ1n) is 9.57. The first kappa shape index (κ1) is 26.9. The van der Waals surface area contributed by atoms with E-state index in [0.29, 0.717) is 19.0 Å². The van der Waals surface area contributed by atoms with Gasteiger partial charge in [-0.15, -0.1) is 24.0 Å². The molecule has 1 aromatic rings. The van der Waals surface area contributed by atoms with E-state index in [1.165, 1.54) is 0 Å². The second-order valence-corrected chi connectivity index (χ2v) is 7.49. The highest BCUT2D eigenvalue weighted by molar-refractivity contribution is 14.0. The highest BCUT2D eigenvalue weighted by Gasteiger charge is 2.25. The number of halogens is 2. The fourth-order valence-electron chi connectivity index (χ4n) is 2.74. The van der Waals surface area contributed by atoms with Gasteiger partial charge < -0.3 is 16.4 Å². The average molecular weight is 524 g/mol. The number of guanidine groups is 1. The molecule has 0 saturated carbocycles. The van der Waals surface area contributed by atoms with Crippen LogP contribution in [0.3, 0.4) is 0 Å². The number of hydrogen-bond acceptors (Lipinski definition) is 3. The molecule has 0 aliphatic heterocycles. The summed E-state index contributed by atoms with van der Waals surface area (Å²) in [6.07, 6.45) is 0. The summed E-state index contributed by atoms with van der Waals surface area (Å²) in [4.78, 5) is 18.4. The van der Waals surface area contributed by atoms with Crippen LogP contribution >= 0.6 is 35.6 Å². The van der Waals surface area contributed by atoms with E-state index in [1.54, 1.807) is 13.8 Å². The lowest BCUT2D eigenvalue weighted by atomic mass is 9.93. The standard InChI is InChI=1S/C20H34ClN5O.HI/c1-6-23-19(25-14-20(4,5)18(22)27)24-13-17(26(7-2)8-3)15-11-9-10-12-16(15)21;/h9-12,17H,6-8,13-14H2,1-5H3,(H2,22,27)(H2,23,24,25);1H. The van der Waals surface area contributed by atoms with Crippen LogP contribution < -0.4 is 16.4 Å². The summed E-state index contributed by atoms with van der Waals surface area (Å²) in [7, 11) is 0. The van der Waals surface area contributed by atoms with Gasteiger partial charge in [-0.25, -0.2) is 0 Å². The van der Waals surface area contributed by atoms with Gasteiger partial charge in [0.1, 0.15) is 0 Å². The van der Waals surface area contributed by atoms with Crippen molar-refractivity contribution in [3.8, 4) is 0 Å². The van der Waals surface area contributed by atoms with Crippen molar-refractivity contribution >= 4 is 47.4 Å². The molecule has 0 spiro atoms. The van der Waals surface area contributed by atoms with Crippen molar-refractivity contribution in [2.75, 3.05) is 32.7 Å². The zero-order chi connectivity index (χ0) is 20.4. The maximum absolute atomic E-state index is 11.5. The molecule has 28 heavy (non-hydrogen) atoms. The average Bonchev–Trinajstić information content (AvgIpc) is 2.63. The maximum Gasteiger partial charge on any atom is 0.224 e. The Balaban J connectivity index is 0.00000729. The van der Waals surface area contributed by atoms with Gasteiger partial charge in [-0.2, -0.15) is 0 Å². The monoisotopic (exact) mass is 523 g/mol. The molecule has 0 radical (unpaired) electrons. The fourth-order valence-corrected chi connectivity index (χ4v) is 3.00. The summed E-state index contributed by atoms with van der Waals surface area (Å²) >= 11 is 6.46. The summed E-state index contributed by atoms with van der Waals surface area (Å²) in [6, 6.07) is 8.04. The van der Waals surface area contributed by atoms with E-state index in [1.807, 2.05) is 25.1 Å². The summed E-state index contributed by atoms with van der Waals surface area (Å²) in [5.74, 6) is 0.301. The first-order valence-corrected chi connectivity index (χ1v) is 9.95. The number of hydrogen-bond donors (Lipinski definition) is 3. The number of amides is 1. The molecule has 0 heterocycles. The summed E-state index contributed by atoms with van der Waals surface area (Å²) in [5, 5.41) is 7.38. The Morgan fingerprint density at radius 2 is 1.82 bits per heavy atom. The number of nitrogens with two attached hydrogens (primary N) is 1. The number of nitrogens with zero attached hydrogens (tertiary/aromatic N) is 2. The van der Waals surface area contributed by atoms with Gasteiger partial charge in [0.25, 0.3) is 0 Å². The highest BCUT2D eigenvalue weighted by atomic mass is 127. The molecule has 8 heteroatoms. The molecule has 0 aromatic heterocycles. The first-order chi connectivity index (χ1) is 12.8. The van der Waals surface area contributed by atoms with E-state index in [4.69, 9.17) is 17.3 Å². The van der Waals surface area contributed by atoms with E-state index in [-0.39, 0.29) is 35.9 Å². The van der Waals surface area contributed by atoms with Gasteiger partial charge in [-0.3, -0.25) is 14.7 Å². The Morgan fingerprint density at radius 1 is 1.21 bits per heavy atom. The van der Waals surface area contributed by atoms with Crippen LogP contribution in [0.1, 0.15) is 46.2 Å². The minimum absolute atomic E-state index is 0. The van der Waals surface area contributed by atoms with Gasteiger partial charge in [-0.05, 0) is 45.5 Å². The fraction of sp³-hybridized carbons (Fsp3) is 0.600. The smallest absolute Gasteiger partial charge is 0.224 e. The Kier molecular flexibility index (Phi) is 12.7. The van der Waals surface area contributed by atoms with Gasteiger partial charge in [0, 0.05) is 18.1 Å². The molecule has 0 aliphatic carbocycles. The zero-order valence-electron chi connectivity index (χ0n) is 17.6. The lowest BCUT2D eigenvalue weighted by Gasteiger charge is -2.31. The topological polar surface area (TPSA) is 82.7 Å². The van der Waals surface area contributed by atoms with Crippen LogP contribution in [-0.4, -0.2) is 49.5 Å². The van der Waals surface area contributed by atoms with Crippen molar-refractivity contribution < 1.29 is 4.79 Å². The van der Waals surface area contributed by atoms with Gasteiger partial charge in [0.15, 0.2) is 5.96 Å². The molecular weight excluding hydrogens is 489 g/mol. The molecule has 6 nitrogen and oxygen atoms in total. The lowest BCUT2D eigenvalue weighted by molar-refractivity contribution is -0.125. The Bertz CT molecular complexity index is 635. The van der Waals surface area contributed by atoms with Crippen molar-refractivity contribution in [3.63, 3.8) is 0 Å². The number of rotatable bonds is 10. The number of likely N-dealkylation sites (N-methyl/N-ethyl adjacent to an activating group) is 1. The predicted octanol–water partition coefficient (Wildman–Crippen LogP) is 3.41. The summed E-state index contributed by atoms with van der Waals surface area (Å²) in [6.45, 7) is 13.4. The van der Waals surface area contributed by atoms with Crippen molar-refractivity contribution in [1.29, 1.82) is 0 Å². The number of carbonyl (C=O) groups excluding carboxylic acids is 1. The van der Waals surface area contributed by atoms with E-state index in [9.17, 15) is 4.79 Å². The molecule has 0 bridgehead atoms. The Morgan fingerprint density at radius 3 is 2.32 bits per heavy atom. The number of benzene rings is 1. The minimum atomic E-state index is -0.691. The number of nitrogens with one attached hydrogen (secondary N) is 2. The second kappa shape index (κ2) is 13.2. The molecule has 1 unspecified atom stereocenters. The van der Waals surface area contributed by atoms with Crippen molar-refractivity contribution in [3.05, 3.63) is 34.9 Å². The predicted molar refractivity (Wildman–Crippen MR) is 129 cm³/mol. The van der Waals surface area contributed by atoms with Crippen LogP contribution in [0.4, 0.5) is 0 Å². The molecule has 0 saturated heterocycles. The highest BCUT2D eigenvalue weighted by Crippen LogP contribution is 2.27. The second-order valence-electron chi connectivity index (χ2n) is 7.08. The molecular formula is C20H35ClIN5O. The maximum atomic E-state index is 11.5. The van der Waals surface area contributed by atoms with Crippen LogP contribution in [0.2, 0.25) is 5.02 Å². The van der Waals surface area contributed by atoms with E-state index in [2.05, 4.69) is 40.4 Å². The van der Waals surface area contributed by atoms with Gasteiger partial charge in [0.2, 0.25) is 5.91 Å². The lowest BCUT2D eigenvalue weighted by Crippen LogP contribution is -2.44. The van der Waals surface area contributed by atoms with Gasteiger partial charge >= 0.3 is 0 Å². The van der Waals surface area contributed by atoms with Crippen molar-refractivity contribution in [2.24, 2.45) is 16.1 Å². The molecule has 4 N–H and O–H groups in total. The molecule has 0 fully saturated rings. The van der Waals surface area contributed by atoms with E-state index in [0.717, 1.165) is 30.2 Å². The SMILES string of the molecule is CCNC(=NCC(C)(C)C(N)=O)NCC(c1ccccc1Cl)N(CC)CC.I. The van der Waals surface area contributed by atoms with Crippen LogP contribution in [0.25, 0.3) is 0 Å². The summed E-state index contributed by atoms with van der Waals surface area (Å²) in [5.41, 5.74) is 5.85. The number of primary amides is 1. The normalized spacial score (nSPS) is 13.0.